The van der Waals surface area contributed by atoms with E-state index in [1.165, 1.54) is 11.5 Å². The number of hydrogen-bond acceptors (Lipinski definition) is 5. The molecule has 3 rings (SSSR count). The van der Waals surface area contributed by atoms with Crippen molar-refractivity contribution in [2.24, 2.45) is 0 Å². The fourth-order valence-electron chi connectivity index (χ4n) is 1.45. The standard InChI is InChI=1S/C10H7N5S2/c16-9(8-5-17-15-14-8)13-10-11-6-3-1-2-4-7(6)12-10/h1-5H,(H2,11,12,13,16). The highest BCUT2D eigenvalue weighted by atomic mass is 32.1. The minimum Gasteiger partial charge on any atom is -0.324 e. The van der Waals surface area contributed by atoms with Crippen LogP contribution < -0.4 is 5.32 Å². The molecular formula is C10H7N5S2. The predicted octanol–water partition coefficient (Wildman–Crippen LogP) is 2.20. The van der Waals surface area contributed by atoms with E-state index in [2.05, 4.69) is 24.9 Å². The summed E-state index contributed by atoms with van der Waals surface area (Å²) in [4.78, 5) is 8.01. The van der Waals surface area contributed by atoms with E-state index >= 15 is 0 Å². The van der Waals surface area contributed by atoms with Gasteiger partial charge in [-0.1, -0.05) is 28.8 Å². The van der Waals surface area contributed by atoms with Crippen molar-refractivity contribution < 1.29 is 0 Å². The highest BCUT2D eigenvalue weighted by molar-refractivity contribution is 7.81. The van der Waals surface area contributed by atoms with Crippen LogP contribution in [0.25, 0.3) is 11.0 Å². The number of rotatable bonds is 2. The van der Waals surface area contributed by atoms with Gasteiger partial charge >= 0.3 is 0 Å². The highest BCUT2D eigenvalue weighted by Crippen LogP contribution is 2.14. The summed E-state index contributed by atoms with van der Waals surface area (Å²) in [5.74, 6) is 0.615. The van der Waals surface area contributed by atoms with Crippen molar-refractivity contribution in [1.29, 1.82) is 0 Å². The summed E-state index contributed by atoms with van der Waals surface area (Å²) < 4.78 is 3.76. The van der Waals surface area contributed by atoms with Gasteiger partial charge in [0.2, 0.25) is 5.95 Å². The third kappa shape index (κ3) is 2.02. The van der Waals surface area contributed by atoms with Crippen LogP contribution in [0.4, 0.5) is 5.95 Å². The smallest absolute Gasteiger partial charge is 0.206 e. The molecule has 2 heterocycles. The number of H-pyrrole nitrogens is 1. The lowest BCUT2D eigenvalue weighted by molar-refractivity contribution is 1.14. The van der Waals surface area contributed by atoms with Gasteiger partial charge < -0.3 is 10.3 Å². The molecule has 0 unspecified atom stereocenters. The number of aromatic nitrogens is 4. The van der Waals surface area contributed by atoms with Gasteiger partial charge in [-0.3, -0.25) is 0 Å². The second kappa shape index (κ2) is 4.19. The molecule has 7 heteroatoms. The summed E-state index contributed by atoms with van der Waals surface area (Å²) in [7, 11) is 0. The predicted molar refractivity (Wildman–Crippen MR) is 71.3 cm³/mol. The van der Waals surface area contributed by atoms with Crippen LogP contribution in [0, 0.1) is 0 Å². The van der Waals surface area contributed by atoms with Gasteiger partial charge in [-0.05, 0) is 23.7 Å². The number of para-hydroxylation sites is 2. The first kappa shape index (κ1) is 10.3. The fourth-order valence-corrected chi connectivity index (χ4v) is 2.17. The van der Waals surface area contributed by atoms with Gasteiger partial charge in [0.25, 0.3) is 0 Å². The van der Waals surface area contributed by atoms with Crippen LogP contribution in [0.5, 0.6) is 0 Å². The lowest BCUT2D eigenvalue weighted by atomic mass is 10.3. The summed E-state index contributed by atoms with van der Waals surface area (Å²) in [6.07, 6.45) is 0. The molecule has 0 fully saturated rings. The number of thiocarbonyl (C=S) groups is 1. The lowest BCUT2D eigenvalue weighted by Crippen LogP contribution is -2.11. The molecule has 5 nitrogen and oxygen atoms in total. The van der Waals surface area contributed by atoms with Crippen molar-refractivity contribution in [3.8, 4) is 0 Å². The first-order chi connectivity index (χ1) is 8.33. The molecule has 1 aromatic carbocycles. The Morgan fingerprint density at radius 3 is 3.00 bits per heavy atom. The highest BCUT2D eigenvalue weighted by Gasteiger charge is 2.07. The van der Waals surface area contributed by atoms with Gasteiger partial charge in [-0.25, -0.2) is 4.98 Å². The van der Waals surface area contributed by atoms with E-state index in [1.807, 2.05) is 24.3 Å². The van der Waals surface area contributed by atoms with Crippen LogP contribution in [0.2, 0.25) is 0 Å². The van der Waals surface area contributed by atoms with Crippen molar-refractivity contribution in [2.45, 2.75) is 0 Å². The Bertz CT molecular complexity index is 625. The summed E-state index contributed by atoms with van der Waals surface area (Å²) in [5, 5.41) is 8.68. The fraction of sp³-hybridized carbons (Fsp3) is 0. The van der Waals surface area contributed by atoms with E-state index in [9.17, 15) is 0 Å². The topological polar surface area (TPSA) is 66.5 Å². The van der Waals surface area contributed by atoms with Crippen molar-refractivity contribution in [3.05, 3.63) is 35.3 Å². The van der Waals surface area contributed by atoms with Crippen LogP contribution in [0.3, 0.4) is 0 Å². The third-order valence-corrected chi connectivity index (χ3v) is 3.03. The molecule has 84 valence electrons. The Morgan fingerprint density at radius 2 is 2.24 bits per heavy atom. The van der Waals surface area contributed by atoms with Crippen LogP contribution in [0.1, 0.15) is 5.69 Å². The molecule has 0 spiro atoms. The van der Waals surface area contributed by atoms with E-state index in [0.29, 0.717) is 16.6 Å². The van der Waals surface area contributed by atoms with E-state index < -0.39 is 0 Å². The first-order valence-electron chi connectivity index (χ1n) is 4.86. The second-order valence-electron chi connectivity index (χ2n) is 3.35. The summed E-state index contributed by atoms with van der Waals surface area (Å²) >= 11 is 6.46. The van der Waals surface area contributed by atoms with Crippen LogP contribution in [0.15, 0.2) is 29.6 Å². The molecule has 0 amide bonds. The Kier molecular flexibility index (Phi) is 2.54. The van der Waals surface area contributed by atoms with Gasteiger partial charge in [-0.15, -0.1) is 5.10 Å². The monoisotopic (exact) mass is 261 g/mol. The molecule has 0 saturated carbocycles. The number of anilines is 1. The molecule has 0 radical (unpaired) electrons. The number of benzene rings is 1. The van der Waals surface area contributed by atoms with Crippen LogP contribution >= 0.6 is 23.8 Å². The maximum absolute atomic E-state index is 5.19. The van der Waals surface area contributed by atoms with Gasteiger partial charge in [0.05, 0.1) is 11.0 Å². The molecule has 3 aromatic rings. The zero-order valence-corrected chi connectivity index (χ0v) is 10.2. The average molecular weight is 261 g/mol. The molecule has 0 aliphatic heterocycles. The van der Waals surface area contributed by atoms with Crippen molar-refractivity contribution in [3.63, 3.8) is 0 Å². The van der Waals surface area contributed by atoms with Crippen molar-refractivity contribution >= 4 is 45.7 Å². The number of hydrogen-bond donors (Lipinski definition) is 2. The Balaban J connectivity index is 1.88. The Hall–Kier alpha value is -1.86. The molecule has 2 N–H and O–H groups in total. The molecule has 0 bridgehead atoms. The maximum atomic E-state index is 5.19. The minimum absolute atomic E-state index is 0.512. The first-order valence-corrected chi connectivity index (χ1v) is 6.10. The maximum Gasteiger partial charge on any atom is 0.206 e. The van der Waals surface area contributed by atoms with Crippen LogP contribution in [-0.4, -0.2) is 24.5 Å². The largest absolute Gasteiger partial charge is 0.324 e. The minimum atomic E-state index is 0.512. The number of nitrogens with one attached hydrogen (secondary N) is 2. The number of aromatic amines is 1. The third-order valence-electron chi connectivity index (χ3n) is 2.21. The summed E-state index contributed by atoms with van der Waals surface area (Å²) in [6, 6.07) is 7.79. The number of nitrogens with zero attached hydrogens (tertiary/aromatic N) is 3. The quantitative estimate of drug-likeness (QED) is 0.692. The van der Waals surface area contributed by atoms with Crippen molar-refractivity contribution in [1.82, 2.24) is 19.6 Å². The van der Waals surface area contributed by atoms with Gasteiger partial charge in [-0.2, -0.15) is 0 Å². The molecule has 17 heavy (non-hydrogen) atoms. The molecule has 0 aliphatic carbocycles. The summed E-state index contributed by atoms with van der Waals surface area (Å²) in [5.41, 5.74) is 2.52. The molecule has 0 atom stereocenters. The van der Waals surface area contributed by atoms with Crippen molar-refractivity contribution in [2.75, 3.05) is 5.32 Å². The van der Waals surface area contributed by atoms with Crippen LogP contribution in [-0.2, 0) is 0 Å². The average Bonchev–Trinajstić information content (AvgIpc) is 2.97. The molecular weight excluding hydrogens is 254 g/mol. The molecule has 0 saturated heterocycles. The van der Waals surface area contributed by atoms with Gasteiger partial charge in [0.15, 0.2) is 0 Å². The molecule has 0 aliphatic rings. The zero-order chi connectivity index (χ0) is 11.7. The van der Waals surface area contributed by atoms with E-state index in [1.54, 1.807) is 5.38 Å². The zero-order valence-electron chi connectivity index (χ0n) is 8.54. The SMILES string of the molecule is S=C(Nc1nc2ccccc2[nH]1)c1csnn1. The van der Waals surface area contributed by atoms with E-state index in [0.717, 1.165) is 11.0 Å². The van der Waals surface area contributed by atoms with E-state index in [-0.39, 0.29) is 0 Å². The van der Waals surface area contributed by atoms with E-state index in [4.69, 9.17) is 12.2 Å². The van der Waals surface area contributed by atoms with Gasteiger partial charge in [0.1, 0.15) is 10.7 Å². The Morgan fingerprint density at radius 1 is 1.35 bits per heavy atom. The number of imidazole rings is 1. The summed E-state index contributed by atoms with van der Waals surface area (Å²) in [6.45, 7) is 0. The van der Waals surface area contributed by atoms with Gasteiger partial charge in [0, 0.05) is 5.38 Å². The lowest BCUT2D eigenvalue weighted by Gasteiger charge is -1.99. The normalized spacial score (nSPS) is 10.6. The molecule has 2 aromatic heterocycles. The second-order valence-corrected chi connectivity index (χ2v) is 4.36. The number of fused-ring (bicyclic) bond motifs is 1. The Labute approximate surface area is 106 Å².